The summed E-state index contributed by atoms with van der Waals surface area (Å²) >= 11 is 3.37. The Balaban J connectivity index is 2.17. The van der Waals surface area contributed by atoms with Crippen molar-refractivity contribution in [2.24, 2.45) is 0 Å². The monoisotopic (exact) mass is 346 g/mol. The van der Waals surface area contributed by atoms with Crippen LogP contribution in [0.4, 0.5) is 0 Å². The van der Waals surface area contributed by atoms with Crippen molar-refractivity contribution in [3.05, 3.63) is 62.5 Å². The molecule has 0 aliphatic rings. The Kier molecular flexibility index (Phi) is 3.39. The molecule has 0 saturated carbocycles. The summed E-state index contributed by atoms with van der Waals surface area (Å²) in [5, 5.41) is 0. The standard InChI is InChI=1S/C15H11BrN2O3/c1-21-13-5-3-2-4-8(13)14(19)9-6-11-12(7-10(9)16)18-15(20)17-11/h2-7H,1H3,(H2,17,18,20). The number of aromatic nitrogens is 2. The van der Waals surface area contributed by atoms with Crippen molar-refractivity contribution < 1.29 is 9.53 Å². The van der Waals surface area contributed by atoms with E-state index in [9.17, 15) is 9.59 Å². The van der Waals surface area contributed by atoms with Gasteiger partial charge in [0.1, 0.15) is 5.75 Å². The third kappa shape index (κ3) is 2.38. The summed E-state index contributed by atoms with van der Waals surface area (Å²) in [4.78, 5) is 29.3. The Morgan fingerprint density at radius 2 is 1.76 bits per heavy atom. The summed E-state index contributed by atoms with van der Waals surface area (Å²) in [6, 6.07) is 10.4. The summed E-state index contributed by atoms with van der Waals surface area (Å²) in [6.45, 7) is 0. The number of ether oxygens (including phenoxy) is 1. The average Bonchev–Trinajstić information content (AvgIpc) is 2.84. The van der Waals surface area contributed by atoms with Crippen molar-refractivity contribution in [1.82, 2.24) is 9.97 Å². The normalized spacial score (nSPS) is 10.8. The molecule has 3 aromatic rings. The van der Waals surface area contributed by atoms with Crippen molar-refractivity contribution in [3.63, 3.8) is 0 Å². The van der Waals surface area contributed by atoms with Crippen molar-refractivity contribution in [2.45, 2.75) is 0 Å². The van der Waals surface area contributed by atoms with Crippen LogP contribution in [0.1, 0.15) is 15.9 Å². The number of fused-ring (bicyclic) bond motifs is 1. The van der Waals surface area contributed by atoms with Gasteiger partial charge in [0.2, 0.25) is 0 Å². The van der Waals surface area contributed by atoms with Gasteiger partial charge in [-0.2, -0.15) is 0 Å². The first-order chi connectivity index (χ1) is 10.1. The molecule has 21 heavy (non-hydrogen) atoms. The maximum Gasteiger partial charge on any atom is 0.323 e. The number of carbonyl (C=O) groups is 1. The predicted octanol–water partition coefficient (Wildman–Crippen LogP) is 2.86. The number of para-hydroxylation sites is 1. The molecule has 106 valence electrons. The van der Waals surface area contributed by atoms with Crippen LogP contribution in [0.15, 0.2) is 45.7 Å². The summed E-state index contributed by atoms with van der Waals surface area (Å²) < 4.78 is 5.83. The molecule has 3 rings (SSSR count). The van der Waals surface area contributed by atoms with Crippen LogP contribution in [0.5, 0.6) is 5.75 Å². The largest absolute Gasteiger partial charge is 0.496 e. The molecule has 0 spiro atoms. The van der Waals surface area contributed by atoms with E-state index in [1.165, 1.54) is 7.11 Å². The third-order valence-electron chi connectivity index (χ3n) is 3.20. The van der Waals surface area contributed by atoms with E-state index < -0.39 is 0 Å². The van der Waals surface area contributed by atoms with Crippen molar-refractivity contribution >= 4 is 32.7 Å². The first-order valence-electron chi connectivity index (χ1n) is 6.19. The van der Waals surface area contributed by atoms with Crippen LogP contribution in [-0.4, -0.2) is 22.9 Å². The van der Waals surface area contributed by atoms with E-state index in [1.807, 2.05) is 0 Å². The number of H-pyrrole nitrogens is 2. The molecule has 5 nitrogen and oxygen atoms in total. The second-order valence-electron chi connectivity index (χ2n) is 4.49. The van der Waals surface area contributed by atoms with Crippen LogP contribution in [0.25, 0.3) is 11.0 Å². The number of ketones is 1. The average molecular weight is 347 g/mol. The number of halogens is 1. The molecule has 0 atom stereocenters. The third-order valence-corrected chi connectivity index (χ3v) is 3.86. The minimum Gasteiger partial charge on any atom is -0.496 e. The van der Waals surface area contributed by atoms with Crippen LogP contribution in [0.2, 0.25) is 0 Å². The second-order valence-corrected chi connectivity index (χ2v) is 5.34. The highest BCUT2D eigenvalue weighted by atomic mass is 79.9. The summed E-state index contributed by atoms with van der Waals surface area (Å²) in [5.74, 6) is 0.334. The molecule has 1 heterocycles. The second kappa shape index (κ2) is 5.21. The lowest BCUT2D eigenvalue weighted by molar-refractivity contribution is 0.103. The molecule has 0 radical (unpaired) electrons. The van der Waals surface area contributed by atoms with E-state index in [4.69, 9.17) is 4.74 Å². The Bertz CT molecular complexity index is 895. The van der Waals surface area contributed by atoms with E-state index >= 15 is 0 Å². The number of carbonyl (C=O) groups excluding carboxylic acids is 1. The van der Waals surface area contributed by atoms with Gasteiger partial charge in [0.25, 0.3) is 0 Å². The lowest BCUT2D eigenvalue weighted by atomic mass is 10.0. The fourth-order valence-corrected chi connectivity index (χ4v) is 2.73. The van der Waals surface area contributed by atoms with Gasteiger partial charge in [-0.3, -0.25) is 4.79 Å². The smallest absolute Gasteiger partial charge is 0.323 e. The Hall–Kier alpha value is -2.34. The highest BCUT2D eigenvalue weighted by Gasteiger charge is 2.18. The highest BCUT2D eigenvalue weighted by Crippen LogP contribution is 2.27. The fourth-order valence-electron chi connectivity index (χ4n) is 2.21. The Morgan fingerprint density at radius 1 is 1.10 bits per heavy atom. The zero-order valence-electron chi connectivity index (χ0n) is 11.1. The topological polar surface area (TPSA) is 75.0 Å². The van der Waals surface area contributed by atoms with Gasteiger partial charge in [-0.15, -0.1) is 0 Å². The summed E-state index contributed by atoms with van der Waals surface area (Å²) in [6.07, 6.45) is 0. The van der Waals surface area contributed by atoms with Crippen molar-refractivity contribution in [2.75, 3.05) is 7.11 Å². The predicted molar refractivity (Wildman–Crippen MR) is 83.0 cm³/mol. The van der Waals surface area contributed by atoms with Gasteiger partial charge >= 0.3 is 5.69 Å². The first kappa shape index (κ1) is 13.6. The Morgan fingerprint density at radius 3 is 2.48 bits per heavy atom. The quantitative estimate of drug-likeness (QED) is 0.716. The number of rotatable bonds is 3. The fraction of sp³-hybridized carbons (Fsp3) is 0.0667. The SMILES string of the molecule is COc1ccccc1C(=O)c1cc2[nH]c(=O)[nH]c2cc1Br. The van der Waals surface area contributed by atoms with E-state index in [1.54, 1.807) is 36.4 Å². The van der Waals surface area contributed by atoms with E-state index in [0.29, 0.717) is 32.4 Å². The summed E-state index contributed by atoms with van der Waals surface area (Å²) in [7, 11) is 1.52. The van der Waals surface area contributed by atoms with Crippen LogP contribution in [0.3, 0.4) is 0 Å². The molecule has 2 N–H and O–H groups in total. The number of hydrogen-bond acceptors (Lipinski definition) is 3. The molecule has 0 bridgehead atoms. The zero-order valence-corrected chi connectivity index (χ0v) is 12.7. The highest BCUT2D eigenvalue weighted by molar-refractivity contribution is 9.10. The Labute approximate surface area is 128 Å². The van der Waals surface area contributed by atoms with E-state index in [0.717, 1.165) is 0 Å². The number of imidazole rings is 1. The lowest BCUT2D eigenvalue weighted by Crippen LogP contribution is -2.05. The van der Waals surface area contributed by atoms with Crippen LogP contribution < -0.4 is 10.4 Å². The van der Waals surface area contributed by atoms with Crippen LogP contribution in [0, 0.1) is 0 Å². The van der Waals surface area contributed by atoms with Crippen LogP contribution >= 0.6 is 15.9 Å². The number of benzene rings is 2. The maximum absolute atomic E-state index is 12.7. The van der Waals surface area contributed by atoms with Gasteiger partial charge < -0.3 is 14.7 Å². The van der Waals surface area contributed by atoms with Gasteiger partial charge in [0, 0.05) is 10.0 Å². The number of methoxy groups -OCH3 is 1. The minimum atomic E-state index is -0.307. The van der Waals surface area contributed by atoms with Crippen LogP contribution in [-0.2, 0) is 0 Å². The molecule has 2 aromatic carbocycles. The maximum atomic E-state index is 12.7. The van der Waals surface area contributed by atoms with Gasteiger partial charge in [0.05, 0.1) is 23.7 Å². The molecule has 0 saturated heterocycles. The van der Waals surface area contributed by atoms with Gasteiger partial charge in [0.15, 0.2) is 5.78 Å². The number of nitrogens with one attached hydrogen (secondary N) is 2. The molecule has 0 unspecified atom stereocenters. The van der Waals surface area contributed by atoms with E-state index in [2.05, 4.69) is 25.9 Å². The van der Waals surface area contributed by atoms with E-state index in [-0.39, 0.29) is 11.5 Å². The van der Waals surface area contributed by atoms with Gasteiger partial charge in [-0.25, -0.2) is 4.79 Å². The van der Waals surface area contributed by atoms with Crippen molar-refractivity contribution in [1.29, 1.82) is 0 Å². The lowest BCUT2D eigenvalue weighted by Gasteiger charge is -2.08. The number of hydrogen-bond donors (Lipinski definition) is 2. The molecular weight excluding hydrogens is 336 g/mol. The molecule has 0 amide bonds. The minimum absolute atomic E-state index is 0.178. The molecular formula is C15H11BrN2O3. The molecule has 0 aliphatic carbocycles. The molecule has 6 heteroatoms. The number of aromatic amines is 2. The van der Waals surface area contributed by atoms with Gasteiger partial charge in [-0.05, 0) is 40.2 Å². The molecule has 0 fully saturated rings. The summed E-state index contributed by atoms with van der Waals surface area (Å²) in [5.41, 5.74) is 1.85. The molecule has 1 aromatic heterocycles. The zero-order chi connectivity index (χ0) is 15.0. The molecule has 0 aliphatic heterocycles. The van der Waals surface area contributed by atoms with Crippen molar-refractivity contribution in [3.8, 4) is 5.75 Å². The van der Waals surface area contributed by atoms with Gasteiger partial charge in [-0.1, -0.05) is 12.1 Å². The first-order valence-corrected chi connectivity index (χ1v) is 6.98.